The minimum absolute atomic E-state index is 0.144. The summed E-state index contributed by atoms with van der Waals surface area (Å²) in [5.74, 6) is -1.95. The summed E-state index contributed by atoms with van der Waals surface area (Å²) in [6.07, 6.45) is -0.634. The molecule has 0 amide bonds. The standard InChI is InChI=1S/C12H14FNO5S/c1-8(13)7-11(12(15)16)14-20(17,18)10-5-3-9(19-2)4-6-10/h3-6,11,14H,1,7H2,2H3,(H,15,16)/t11-/m1/s1. The zero-order valence-electron chi connectivity index (χ0n) is 10.7. The first-order chi connectivity index (χ1) is 9.26. The van der Waals surface area contributed by atoms with E-state index in [1.165, 1.54) is 31.4 Å². The molecular formula is C12H14FNO5S. The summed E-state index contributed by atoms with van der Waals surface area (Å²) in [7, 11) is -2.64. The molecule has 0 radical (unpaired) electrons. The predicted octanol–water partition coefficient (Wildman–Crippen LogP) is 1.30. The van der Waals surface area contributed by atoms with Gasteiger partial charge in [-0.1, -0.05) is 6.58 Å². The monoisotopic (exact) mass is 303 g/mol. The number of rotatable bonds is 7. The van der Waals surface area contributed by atoms with Crippen molar-refractivity contribution in [3.8, 4) is 5.75 Å². The summed E-state index contributed by atoms with van der Waals surface area (Å²) >= 11 is 0. The molecule has 0 bridgehead atoms. The highest BCUT2D eigenvalue weighted by Crippen LogP contribution is 2.16. The highest BCUT2D eigenvalue weighted by molar-refractivity contribution is 7.89. The number of hydrogen-bond acceptors (Lipinski definition) is 4. The third kappa shape index (κ3) is 4.32. The second-order valence-electron chi connectivity index (χ2n) is 3.91. The molecule has 0 aromatic heterocycles. The summed E-state index contributed by atoms with van der Waals surface area (Å²) in [5, 5.41) is 8.86. The number of benzene rings is 1. The number of carboxylic acid groups (broad SMARTS) is 1. The molecule has 0 spiro atoms. The Kier molecular flexibility index (Phi) is 5.23. The van der Waals surface area contributed by atoms with Crippen LogP contribution in [0.3, 0.4) is 0 Å². The molecule has 6 nitrogen and oxygen atoms in total. The van der Waals surface area contributed by atoms with Crippen LogP contribution in [0, 0.1) is 0 Å². The minimum Gasteiger partial charge on any atom is -0.497 e. The van der Waals surface area contributed by atoms with Gasteiger partial charge >= 0.3 is 5.97 Å². The molecule has 0 aliphatic rings. The van der Waals surface area contributed by atoms with E-state index in [1.54, 1.807) is 0 Å². The van der Waals surface area contributed by atoms with Gasteiger partial charge in [-0.05, 0) is 24.3 Å². The Morgan fingerprint density at radius 3 is 2.40 bits per heavy atom. The van der Waals surface area contributed by atoms with Crippen molar-refractivity contribution >= 4 is 16.0 Å². The van der Waals surface area contributed by atoms with Crippen LogP contribution in [0.2, 0.25) is 0 Å². The molecule has 1 atom stereocenters. The van der Waals surface area contributed by atoms with Crippen LogP contribution in [-0.4, -0.2) is 32.6 Å². The van der Waals surface area contributed by atoms with Crippen LogP contribution in [0.15, 0.2) is 41.6 Å². The van der Waals surface area contributed by atoms with Crippen LogP contribution in [0.1, 0.15) is 6.42 Å². The second-order valence-corrected chi connectivity index (χ2v) is 5.62. The van der Waals surface area contributed by atoms with Crippen LogP contribution in [0.5, 0.6) is 5.75 Å². The Hall–Kier alpha value is -1.93. The second kappa shape index (κ2) is 6.49. The van der Waals surface area contributed by atoms with Gasteiger partial charge in [0.15, 0.2) is 0 Å². The smallest absolute Gasteiger partial charge is 0.322 e. The third-order valence-electron chi connectivity index (χ3n) is 2.39. The van der Waals surface area contributed by atoms with Gasteiger partial charge in [-0.25, -0.2) is 12.8 Å². The number of hydrogen-bond donors (Lipinski definition) is 2. The molecule has 0 saturated carbocycles. The third-order valence-corrected chi connectivity index (χ3v) is 3.88. The van der Waals surface area contributed by atoms with Crippen molar-refractivity contribution < 1.29 is 27.4 Å². The first kappa shape index (κ1) is 16.1. The zero-order chi connectivity index (χ0) is 15.3. The number of methoxy groups -OCH3 is 1. The Morgan fingerprint density at radius 1 is 1.45 bits per heavy atom. The lowest BCUT2D eigenvalue weighted by Crippen LogP contribution is -2.40. The number of aliphatic carboxylic acids is 1. The summed E-state index contributed by atoms with van der Waals surface area (Å²) in [6.45, 7) is 2.92. The highest BCUT2D eigenvalue weighted by atomic mass is 32.2. The van der Waals surface area contributed by atoms with Crippen LogP contribution in [-0.2, 0) is 14.8 Å². The Morgan fingerprint density at radius 2 is 2.00 bits per heavy atom. The molecule has 8 heteroatoms. The fourth-order valence-corrected chi connectivity index (χ4v) is 2.60. The molecule has 0 aliphatic carbocycles. The summed E-state index contributed by atoms with van der Waals surface area (Å²) < 4.78 is 43.4. The molecule has 1 rings (SSSR count). The van der Waals surface area contributed by atoms with Crippen LogP contribution >= 0.6 is 0 Å². The van der Waals surface area contributed by atoms with E-state index in [0.29, 0.717) is 5.75 Å². The van der Waals surface area contributed by atoms with Crippen molar-refractivity contribution in [2.45, 2.75) is 17.4 Å². The molecule has 1 aromatic carbocycles. The van der Waals surface area contributed by atoms with E-state index in [0.717, 1.165) is 0 Å². The Labute approximate surface area is 115 Å². The summed E-state index contributed by atoms with van der Waals surface area (Å²) in [6, 6.07) is 3.73. The van der Waals surface area contributed by atoms with Crippen molar-refractivity contribution in [1.29, 1.82) is 0 Å². The van der Waals surface area contributed by atoms with Crippen LogP contribution < -0.4 is 9.46 Å². The topological polar surface area (TPSA) is 92.7 Å². The summed E-state index contributed by atoms with van der Waals surface area (Å²) in [4.78, 5) is 10.7. The number of ether oxygens (including phenoxy) is 1. The molecule has 0 aliphatic heterocycles. The largest absolute Gasteiger partial charge is 0.497 e. The van der Waals surface area contributed by atoms with Gasteiger partial charge in [-0.3, -0.25) is 4.79 Å². The average molecular weight is 303 g/mol. The molecule has 0 unspecified atom stereocenters. The SMILES string of the molecule is C=C(F)C[C@@H](NS(=O)(=O)c1ccc(OC)cc1)C(=O)O. The minimum atomic E-state index is -4.07. The maximum absolute atomic E-state index is 12.7. The average Bonchev–Trinajstić information content (AvgIpc) is 2.37. The highest BCUT2D eigenvalue weighted by Gasteiger charge is 2.26. The van der Waals surface area contributed by atoms with Gasteiger partial charge in [0.25, 0.3) is 0 Å². The predicted molar refractivity (Wildman–Crippen MR) is 69.6 cm³/mol. The van der Waals surface area contributed by atoms with E-state index in [4.69, 9.17) is 9.84 Å². The van der Waals surface area contributed by atoms with Gasteiger partial charge in [0, 0.05) is 6.42 Å². The van der Waals surface area contributed by atoms with E-state index in [9.17, 15) is 17.6 Å². The lowest BCUT2D eigenvalue weighted by molar-refractivity contribution is -0.139. The normalized spacial score (nSPS) is 12.7. The number of sulfonamides is 1. The molecule has 0 heterocycles. The fourth-order valence-electron chi connectivity index (χ4n) is 1.41. The number of halogens is 1. The number of carboxylic acids is 1. The molecule has 0 saturated heterocycles. The van der Waals surface area contributed by atoms with Crippen LogP contribution in [0.25, 0.3) is 0 Å². The Bertz CT molecular complexity index is 597. The summed E-state index contributed by atoms with van der Waals surface area (Å²) in [5.41, 5.74) is 0. The van der Waals surface area contributed by atoms with Crippen molar-refractivity contribution in [2.75, 3.05) is 7.11 Å². The van der Waals surface area contributed by atoms with Crippen LogP contribution in [0.4, 0.5) is 4.39 Å². The van der Waals surface area contributed by atoms with E-state index in [2.05, 4.69) is 6.58 Å². The maximum Gasteiger partial charge on any atom is 0.322 e. The first-order valence-corrected chi connectivity index (χ1v) is 6.97. The first-order valence-electron chi connectivity index (χ1n) is 5.48. The lowest BCUT2D eigenvalue weighted by atomic mass is 10.2. The molecule has 20 heavy (non-hydrogen) atoms. The van der Waals surface area contributed by atoms with Gasteiger partial charge in [-0.15, -0.1) is 0 Å². The van der Waals surface area contributed by atoms with E-state index >= 15 is 0 Å². The molecular weight excluding hydrogens is 289 g/mol. The van der Waals surface area contributed by atoms with Gasteiger partial charge in [0.05, 0.1) is 17.8 Å². The van der Waals surface area contributed by atoms with E-state index < -0.39 is 34.3 Å². The van der Waals surface area contributed by atoms with Gasteiger partial charge in [-0.2, -0.15) is 4.72 Å². The van der Waals surface area contributed by atoms with Crippen molar-refractivity contribution in [1.82, 2.24) is 4.72 Å². The molecule has 2 N–H and O–H groups in total. The lowest BCUT2D eigenvalue weighted by Gasteiger charge is -2.13. The van der Waals surface area contributed by atoms with E-state index in [-0.39, 0.29) is 4.90 Å². The quantitative estimate of drug-likeness (QED) is 0.792. The van der Waals surface area contributed by atoms with Crippen molar-refractivity contribution in [3.05, 3.63) is 36.7 Å². The maximum atomic E-state index is 12.7. The fraction of sp³-hybridized carbons (Fsp3) is 0.250. The van der Waals surface area contributed by atoms with Crippen molar-refractivity contribution in [2.24, 2.45) is 0 Å². The van der Waals surface area contributed by atoms with Crippen molar-refractivity contribution in [3.63, 3.8) is 0 Å². The number of carbonyl (C=O) groups is 1. The molecule has 0 fully saturated rings. The zero-order valence-corrected chi connectivity index (χ0v) is 11.5. The van der Waals surface area contributed by atoms with E-state index in [1.807, 2.05) is 4.72 Å². The van der Waals surface area contributed by atoms with Gasteiger partial charge < -0.3 is 9.84 Å². The number of nitrogens with one attached hydrogen (secondary N) is 1. The molecule has 110 valence electrons. The van der Waals surface area contributed by atoms with Gasteiger partial charge in [0.1, 0.15) is 11.8 Å². The Balaban J connectivity index is 2.96. The van der Waals surface area contributed by atoms with Gasteiger partial charge in [0.2, 0.25) is 10.0 Å². The molecule has 1 aromatic rings.